The third-order valence-corrected chi connectivity index (χ3v) is 7.01. The lowest BCUT2D eigenvalue weighted by molar-refractivity contribution is -0.188. The van der Waals surface area contributed by atoms with Crippen molar-refractivity contribution in [2.75, 3.05) is 27.2 Å². The van der Waals surface area contributed by atoms with Crippen LogP contribution in [0.15, 0.2) is 48.5 Å². The van der Waals surface area contributed by atoms with E-state index in [1.807, 2.05) is 0 Å². The molecule has 2 aliphatic rings. The maximum atomic E-state index is 13.5. The number of carbonyl (C=O) groups excluding carboxylic acids is 3. The molecule has 0 bridgehead atoms. The number of likely N-dealkylation sites (N-methyl/N-ethyl adjacent to an activating group) is 1. The molecule has 0 aromatic heterocycles. The molecule has 2 saturated heterocycles. The molecule has 1 unspecified atom stereocenters. The number of aliphatic carboxylic acids is 1. The van der Waals surface area contributed by atoms with Crippen LogP contribution < -0.4 is 10.1 Å². The number of nitrogens with zero attached hydrogens (tertiary/aromatic N) is 4. The lowest BCUT2D eigenvalue weighted by atomic mass is 10.0. The molecule has 220 valence electrons. The molecule has 2 fully saturated rings. The number of carboxylic acids is 1. The van der Waals surface area contributed by atoms with Crippen LogP contribution in [0, 0.1) is 0 Å². The molecular formula is C27H30F3N5O6. The number of methoxy groups -OCH3 is 1. The fourth-order valence-electron chi connectivity index (χ4n) is 5.05. The molecule has 2 N–H and O–H groups in total. The number of hydrogen-bond acceptors (Lipinski definition) is 6. The summed E-state index contributed by atoms with van der Waals surface area (Å²) in [7, 11) is 3.06. The molecule has 0 aliphatic carbocycles. The number of amides is 4. The Morgan fingerprint density at radius 2 is 1.80 bits per heavy atom. The Labute approximate surface area is 234 Å². The van der Waals surface area contributed by atoms with Gasteiger partial charge in [0.15, 0.2) is 0 Å². The molecule has 2 aliphatic heterocycles. The molecule has 11 nitrogen and oxygen atoms in total. The van der Waals surface area contributed by atoms with Gasteiger partial charge in [-0.25, -0.2) is 14.8 Å². The zero-order chi connectivity index (χ0) is 29.9. The zero-order valence-corrected chi connectivity index (χ0v) is 22.4. The molecule has 0 spiro atoms. The molecule has 2 aromatic rings. The summed E-state index contributed by atoms with van der Waals surface area (Å²) >= 11 is 0. The zero-order valence-electron chi connectivity index (χ0n) is 22.4. The molecule has 14 heteroatoms. The van der Waals surface area contributed by atoms with E-state index >= 15 is 0 Å². The Balaban J connectivity index is 1.61. The van der Waals surface area contributed by atoms with Crippen LogP contribution in [-0.4, -0.2) is 88.2 Å². The average molecular weight is 578 g/mol. The lowest BCUT2D eigenvalue weighted by Gasteiger charge is -2.54. The van der Waals surface area contributed by atoms with E-state index in [1.54, 1.807) is 24.3 Å². The van der Waals surface area contributed by atoms with Crippen molar-refractivity contribution in [3.8, 4) is 5.75 Å². The largest absolute Gasteiger partial charge is 0.497 e. The minimum atomic E-state index is -4.58. The summed E-state index contributed by atoms with van der Waals surface area (Å²) in [5.74, 6) is -1.61. The number of nitrogens with one attached hydrogen (secondary N) is 1. The van der Waals surface area contributed by atoms with E-state index in [9.17, 15) is 37.5 Å². The molecule has 2 atom stereocenters. The van der Waals surface area contributed by atoms with Gasteiger partial charge in [0.25, 0.3) is 0 Å². The van der Waals surface area contributed by atoms with Crippen LogP contribution in [0.4, 0.5) is 18.0 Å². The summed E-state index contributed by atoms with van der Waals surface area (Å²) in [6.45, 7) is -0.513. The molecule has 2 heterocycles. The first-order valence-corrected chi connectivity index (χ1v) is 12.8. The Kier molecular flexibility index (Phi) is 8.71. The van der Waals surface area contributed by atoms with Crippen LogP contribution >= 0.6 is 0 Å². The maximum Gasteiger partial charge on any atom is 0.416 e. The van der Waals surface area contributed by atoms with Crippen molar-refractivity contribution in [1.29, 1.82) is 0 Å². The van der Waals surface area contributed by atoms with Crippen LogP contribution in [0.3, 0.4) is 0 Å². The predicted molar refractivity (Wildman–Crippen MR) is 138 cm³/mol. The number of halogens is 3. The topological polar surface area (TPSA) is 123 Å². The minimum absolute atomic E-state index is 0.142. The average Bonchev–Trinajstić information content (AvgIpc) is 2.92. The number of alkyl halides is 3. The van der Waals surface area contributed by atoms with E-state index in [1.165, 1.54) is 46.1 Å². The fraction of sp³-hybridized carbons (Fsp3) is 0.407. The van der Waals surface area contributed by atoms with E-state index in [2.05, 4.69) is 5.32 Å². The molecule has 2 aromatic carbocycles. The highest BCUT2D eigenvalue weighted by Gasteiger charge is 2.50. The number of fused-ring (bicyclic) bond motifs is 1. The molecule has 0 radical (unpaired) electrons. The standard InChI is InChI=1S/C27H30F3N5O6/c1-32-16-23(36)34-21(10-11-24(37)38)25(39)33(14-18-4-3-5-19(12-18)27(28,29)30)15-22(34)35(32)26(40)31-13-17-6-8-20(41-2)9-7-17/h3-9,12,21-22H,10-11,13-16H2,1-2H3,(H,31,40)(H,37,38)/t21-,22?/m0/s1. The SMILES string of the molecule is COc1ccc(CNC(=O)N2C3CN(Cc4cccc(C(F)(F)F)c4)C(=O)[C@H](CCC(=O)O)N3C(=O)CN2C)cc1. The highest BCUT2D eigenvalue weighted by molar-refractivity contribution is 5.91. The maximum absolute atomic E-state index is 13.5. The van der Waals surface area contributed by atoms with Gasteiger partial charge in [0, 0.05) is 26.6 Å². The van der Waals surface area contributed by atoms with Gasteiger partial charge in [0.1, 0.15) is 18.0 Å². The van der Waals surface area contributed by atoms with Crippen molar-refractivity contribution < 1.29 is 42.2 Å². The number of rotatable bonds is 8. The van der Waals surface area contributed by atoms with Crippen LogP contribution in [0.2, 0.25) is 0 Å². The smallest absolute Gasteiger partial charge is 0.416 e. The van der Waals surface area contributed by atoms with Gasteiger partial charge >= 0.3 is 18.2 Å². The molecule has 41 heavy (non-hydrogen) atoms. The van der Waals surface area contributed by atoms with Gasteiger partial charge in [-0.3, -0.25) is 14.4 Å². The van der Waals surface area contributed by atoms with Crippen molar-refractivity contribution in [3.05, 3.63) is 65.2 Å². The minimum Gasteiger partial charge on any atom is -0.497 e. The van der Waals surface area contributed by atoms with Gasteiger partial charge in [0.2, 0.25) is 11.8 Å². The first kappa shape index (κ1) is 29.6. The Hall–Kier alpha value is -4.33. The second kappa shape index (κ2) is 12.0. The first-order chi connectivity index (χ1) is 19.4. The van der Waals surface area contributed by atoms with E-state index in [-0.39, 0.29) is 38.2 Å². The Morgan fingerprint density at radius 3 is 2.44 bits per heavy atom. The number of benzene rings is 2. The van der Waals surface area contributed by atoms with Crippen molar-refractivity contribution in [2.24, 2.45) is 0 Å². The van der Waals surface area contributed by atoms with E-state index in [0.29, 0.717) is 5.75 Å². The second-order valence-electron chi connectivity index (χ2n) is 9.81. The molecule has 4 amide bonds. The third kappa shape index (κ3) is 6.70. The number of piperazine rings is 1. The molecule has 4 rings (SSSR count). The summed E-state index contributed by atoms with van der Waals surface area (Å²) in [6, 6.07) is 9.76. The van der Waals surface area contributed by atoms with Gasteiger partial charge in [-0.15, -0.1) is 0 Å². The monoisotopic (exact) mass is 577 g/mol. The Morgan fingerprint density at radius 1 is 1.10 bits per heavy atom. The number of carboxylic acid groups (broad SMARTS) is 1. The summed E-state index contributed by atoms with van der Waals surface area (Å²) < 4.78 is 45.0. The fourth-order valence-corrected chi connectivity index (χ4v) is 5.05. The van der Waals surface area contributed by atoms with Gasteiger partial charge < -0.3 is 25.0 Å². The summed E-state index contributed by atoms with van der Waals surface area (Å²) in [5, 5.41) is 14.7. The van der Waals surface area contributed by atoms with Crippen molar-refractivity contribution in [3.63, 3.8) is 0 Å². The quantitative estimate of drug-likeness (QED) is 0.495. The van der Waals surface area contributed by atoms with Gasteiger partial charge in [-0.2, -0.15) is 13.2 Å². The van der Waals surface area contributed by atoms with Crippen molar-refractivity contribution >= 4 is 23.8 Å². The van der Waals surface area contributed by atoms with Crippen molar-refractivity contribution in [2.45, 2.75) is 44.3 Å². The van der Waals surface area contributed by atoms with Gasteiger partial charge in [0.05, 0.1) is 25.8 Å². The van der Waals surface area contributed by atoms with E-state index < -0.39 is 54.2 Å². The third-order valence-electron chi connectivity index (χ3n) is 7.01. The number of hydrogen-bond donors (Lipinski definition) is 2. The van der Waals surface area contributed by atoms with Gasteiger partial charge in [-0.1, -0.05) is 24.3 Å². The predicted octanol–water partition coefficient (Wildman–Crippen LogP) is 2.52. The normalized spacial score (nSPS) is 19.7. The molecule has 0 saturated carbocycles. The second-order valence-corrected chi connectivity index (χ2v) is 9.81. The van der Waals surface area contributed by atoms with Gasteiger partial charge in [-0.05, 0) is 41.8 Å². The van der Waals surface area contributed by atoms with Crippen LogP contribution in [-0.2, 0) is 33.6 Å². The summed E-state index contributed by atoms with van der Waals surface area (Å²) in [6.07, 6.45) is -6.25. The van der Waals surface area contributed by atoms with E-state index in [4.69, 9.17) is 4.74 Å². The lowest BCUT2D eigenvalue weighted by Crippen LogP contribution is -2.75. The number of carbonyl (C=O) groups is 4. The number of urea groups is 1. The summed E-state index contributed by atoms with van der Waals surface area (Å²) in [5.41, 5.74) is 0.0938. The van der Waals surface area contributed by atoms with Crippen LogP contribution in [0.1, 0.15) is 29.5 Å². The summed E-state index contributed by atoms with van der Waals surface area (Å²) in [4.78, 5) is 53.9. The number of ether oxygens (including phenoxy) is 1. The first-order valence-electron chi connectivity index (χ1n) is 12.8. The van der Waals surface area contributed by atoms with Crippen molar-refractivity contribution in [1.82, 2.24) is 25.1 Å². The highest BCUT2D eigenvalue weighted by Crippen LogP contribution is 2.32. The Bertz CT molecular complexity index is 1310. The number of hydrazine groups is 1. The molecular weight excluding hydrogens is 547 g/mol. The van der Waals surface area contributed by atoms with E-state index in [0.717, 1.165) is 17.7 Å². The van der Waals surface area contributed by atoms with Crippen LogP contribution in [0.5, 0.6) is 5.75 Å². The van der Waals surface area contributed by atoms with Crippen LogP contribution in [0.25, 0.3) is 0 Å². The highest BCUT2D eigenvalue weighted by atomic mass is 19.4.